The molecule has 0 saturated carbocycles. The zero-order valence-corrected chi connectivity index (χ0v) is 17.2. The third kappa shape index (κ3) is 4.90. The van der Waals surface area contributed by atoms with Gasteiger partial charge < -0.3 is 14.6 Å². The molecule has 8 heteroatoms. The van der Waals surface area contributed by atoms with Crippen molar-refractivity contribution >= 4 is 34.7 Å². The number of amides is 1. The number of methoxy groups -OCH3 is 1. The molecular formula is C19H22N4O2S2. The van der Waals surface area contributed by atoms with E-state index < -0.39 is 0 Å². The Morgan fingerprint density at radius 2 is 2.07 bits per heavy atom. The second kappa shape index (κ2) is 9.05. The minimum atomic E-state index is -0.0795. The van der Waals surface area contributed by atoms with Crippen LogP contribution in [-0.2, 0) is 11.3 Å². The van der Waals surface area contributed by atoms with Crippen LogP contribution < -0.4 is 10.1 Å². The van der Waals surface area contributed by atoms with Crippen LogP contribution in [0.25, 0.3) is 11.4 Å². The van der Waals surface area contributed by atoms with Crippen LogP contribution >= 0.6 is 23.1 Å². The zero-order chi connectivity index (χ0) is 19.2. The molecule has 1 aromatic carbocycles. The monoisotopic (exact) mass is 402 g/mol. The lowest BCUT2D eigenvalue weighted by Crippen LogP contribution is -2.14. The van der Waals surface area contributed by atoms with Gasteiger partial charge in [-0.15, -0.1) is 21.5 Å². The maximum atomic E-state index is 12.3. The SMILES string of the molecule is CCCn1c(SCC(=O)Nc2ccc(OC)cc2)nnc1-c1csc(C)c1. The van der Waals surface area contributed by atoms with Gasteiger partial charge in [0.1, 0.15) is 5.75 Å². The van der Waals surface area contributed by atoms with Crippen LogP contribution in [0, 0.1) is 6.92 Å². The number of ether oxygens (including phenoxy) is 1. The molecule has 0 atom stereocenters. The molecule has 3 rings (SSSR count). The van der Waals surface area contributed by atoms with Gasteiger partial charge in [-0.05, 0) is 43.7 Å². The Morgan fingerprint density at radius 1 is 1.30 bits per heavy atom. The number of anilines is 1. The standard InChI is InChI=1S/C19H22N4O2S2/c1-4-9-23-18(14-10-13(2)26-11-14)21-22-19(23)27-12-17(24)20-15-5-7-16(25-3)8-6-15/h5-8,10-11H,4,9,12H2,1-3H3,(H,20,24). The average molecular weight is 403 g/mol. The summed E-state index contributed by atoms with van der Waals surface area (Å²) < 4.78 is 7.21. The maximum absolute atomic E-state index is 12.3. The van der Waals surface area contributed by atoms with E-state index in [0.717, 1.165) is 40.9 Å². The summed E-state index contributed by atoms with van der Waals surface area (Å²) >= 11 is 3.10. The Kier molecular flexibility index (Phi) is 6.52. The number of hydrogen-bond donors (Lipinski definition) is 1. The Balaban J connectivity index is 1.66. The highest BCUT2D eigenvalue weighted by atomic mass is 32.2. The summed E-state index contributed by atoms with van der Waals surface area (Å²) in [6.07, 6.45) is 0.972. The molecule has 0 aliphatic carbocycles. The number of carbonyl (C=O) groups is 1. The van der Waals surface area contributed by atoms with E-state index in [0.29, 0.717) is 0 Å². The minimum Gasteiger partial charge on any atom is -0.497 e. The molecule has 27 heavy (non-hydrogen) atoms. The Morgan fingerprint density at radius 3 is 2.70 bits per heavy atom. The van der Waals surface area contributed by atoms with E-state index in [1.165, 1.54) is 16.6 Å². The van der Waals surface area contributed by atoms with E-state index >= 15 is 0 Å². The molecule has 2 aromatic heterocycles. The second-order valence-corrected chi connectivity index (χ2v) is 8.03. The summed E-state index contributed by atoms with van der Waals surface area (Å²) in [6, 6.07) is 9.38. The Hall–Kier alpha value is -2.32. The van der Waals surface area contributed by atoms with E-state index in [2.05, 4.69) is 45.4 Å². The number of nitrogens with zero attached hydrogens (tertiary/aromatic N) is 3. The predicted molar refractivity (Wildman–Crippen MR) is 111 cm³/mol. The molecule has 1 N–H and O–H groups in total. The number of rotatable bonds is 8. The first kappa shape index (κ1) is 19.4. The number of thiophene rings is 1. The quantitative estimate of drug-likeness (QED) is 0.563. The van der Waals surface area contributed by atoms with E-state index in [1.54, 1.807) is 18.4 Å². The van der Waals surface area contributed by atoms with Crippen molar-refractivity contribution in [1.82, 2.24) is 14.8 Å². The highest BCUT2D eigenvalue weighted by molar-refractivity contribution is 7.99. The van der Waals surface area contributed by atoms with Crippen LogP contribution in [0.4, 0.5) is 5.69 Å². The number of thioether (sulfide) groups is 1. The maximum Gasteiger partial charge on any atom is 0.234 e. The van der Waals surface area contributed by atoms with Crippen molar-refractivity contribution in [3.63, 3.8) is 0 Å². The van der Waals surface area contributed by atoms with Gasteiger partial charge in [0.15, 0.2) is 11.0 Å². The number of carbonyl (C=O) groups excluding carboxylic acids is 1. The van der Waals surface area contributed by atoms with E-state index in [4.69, 9.17) is 4.74 Å². The summed E-state index contributed by atoms with van der Waals surface area (Å²) in [4.78, 5) is 13.5. The molecule has 0 aliphatic heterocycles. The molecule has 0 aliphatic rings. The molecule has 6 nitrogen and oxygen atoms in total. The highest BCUT2D eigenvalue weighted by Gasteiger charge is 2.16. The van der Waals surface area contributed by atoms with Gasteiger partial charge in [-0.1, -0.05) is 18.7 Å². The van der Waals surface area contributed by atoms with Crippen LogP contribution in [-0.4, -0.2) is 33.5 Å². The fourth-order valence-electron chi connectivity index (χ4n) is 2.60. The smallest absolute Gasteiger partial charge is 0.234 e. The Bertz CT molecular complexity index is 903. The predicted octanol–water partition coefficient (Wildman–Crippen LogP) is 4.46. The lowest BCUT2D eigenvalue weighted by atomic mass is 10.3. The summed E-state index contributed by atoms with van der Waals surface area (Å²) in [5, 5.41) is 14.4. The lowest BCUT2D eigenvalue weighted by molar-refractivity contribution is -0.113. The summed E-state index contributed by atoms with van der Waals surface area (Å²) in [5.41, 5.74) is 1.82. The van der Waals surface area contributed by atoms with Gasteiger partial charge in [-0.2, -0.15) is 0 Å². The zero-order valence-electron chi connectivity index (χ0n) is 15.6. The molecule has 3 aromatic rings. The largest absolute Gasteiger partial charge is 0.497 e. The van der Waals surface area contributed by atoms with Crippen LogP contribution in [0.15, 0.2) is 40.9 Å². The van der Waals surface area contributed by atoms with Crippen molar-refractivity contribution in [3.8, 4) is 17.1 Å². The lowest BCUT2D eigenvalue weighted by Gasteiger charge is -2.08. The van der Waals surface area contributed by atoms with Crippen molar-refractivity contribution in [2.75, 3.05) is 18.2 Å². The van der Waals surface area contributed by atoms with Crippen molar-refractivity contribution in [1.29, 1.82) is 0 Å². The van der Waals surface area contributed by atoms with Crippen LogP contribution in [0.5, 0.6) is 5.75 Å². The molecule has 0 fully saturated rings. The topological polar surface area (TPSA) is 69.0 Å². The van der Waals surface area contributed by atoms with Crippen LogP contribution in [0.2, 0.25) is 0 Å². The number of nitrogens with one attached hydrogen (secondary N) is 1. The average Bonchev–Trinajstić information content (AvgIpc) is 3.27. The van der Waals surface area contributed by atoms with Gasteiger partial charge >= 0.3 is 0 Å². The van der Waals surface area contributed by atoms with E-state index in [9.17, 15) is 4.79 Å². The first-order chi connectivity index (χ1) is 13.1. The van der Waals surface area contributed by atoms with Crippen LogP contribution in [0.1, 0.15) is 18.2 Å². The van der Waals surface area contributed by atoms with E-state index in [1.807, 2.05) is 24.3 Å². The first-order valence-electron chi connectivity index (χ1n) is 8.66. The molecule has 0 spiro atoms. The fraction of sp³-hybridized carbons (Fsp3) is 0.316. The summed E-state index contributed by atoms with van der Waals surface area (Å²) in [5.74, 6) is 1.81. The van der Waals surface area contributed by atoms with Crippen molar-refractivity contribution < 1.29 is 9.53 Å². The minimum absolute atomic E-state index is 0.0795. The molecule has 0 saturated heterocycles. The molecule has 0 bridgehead atoms. The molecular weight excluding hydrogens is 380 g/mol. The number of aryl methyl sites for hydroxylation is 1. The van der Waals surface area contributed by atoms with Gasteiger partial charge in [-0.3, -0.25) is 4.79 Å². The second-order valence-electron chi connectivity index (χ2n) is 5.97. The molecule has 142 valence electrons. The third-order valence-corrected chi connectivity index (χ3v) is 5.69. The van der Waals surface area contributed by atoms with E-state index in [-0.39, 0.29) is 11.7 Å². The normalized spacial score (nSPS) is 10.8. The van der Waals surface area contributed by atoms with Crippen molar-refractivity contribution in [3.05, 3.63) is 40.6 Å². The van der Waals surface area contributed by atoms with Crippen molar-refractivity contribution in [2.45, 2.75) is 32.0 Å². The van der Waals surface area contributed by atoms with Crippen molar-refractivity contribution in [2.24, 2.45) is 0 Å². The van der Waals surface area contributed by atoms with Gasteiger partial charge in [-0.25, -0.2) is 0 Å². The summed E-state index contributed by atoms with van der Waals surface area (Å²) in [6.45, 7) is 5.01. The summed E-state index contributed by atoms with van der Waals surface area (Å²) in [7, 11) is 1.61. The molecule has 0 radical (unpaired) electrons. The molecule has 2 heterocycles. The highest BCUT2D eigenvalue weighted by Crippen LogP contribution is 2.28. The Labute approximate surface area is 167 Å². The molecule has 1 amide bonds. The van der Waals surface area contributed by atoms with Gasteiger partial charge in [0, 0.05) is 28.1 Å². The first-order valence-corrected chi connectivity index (χ1v) is 10.5. The third-order valence-electron chi connectivity index (χ3n) is 3.86. The number of aromatic nitrogens is 3. The van der Waals surface area contributed by atoms with Gasteiger partial charge in [0.25, 0.3) is 0 Å². The van der Waals surface area contributed by atoms with Gasteiger partial charge in [0.2, 0.25) is 5.91 Å². The fourth-order valence-corrected chi connectivity index (χ4v) is 4.04. The number of hydrogen-bond acceptors (Lipinski definition) is 6. The molecule has 0 unspecified atom stereocenters. The van der Waals surface area contributed by atoms with Crippen LogP contribution in [0.3, 0.4) is 0 Å². The van der Waals surface area contributed by atoms with Gasteiger partial charge in [0.05, 0.1) is 12.9 Å². The number of benzene rings is 1.